The molecular formula is C11H16N4O2. The topological polar surface area (TPSA) is 101 Å². The van der Waals surface area contributed by atoms with Crippen LogP contribution in [0.15, 0.2) is 6.07 Å². The van der Waals surface area contributed by atoms with E-state index in [1.54, 1.807) is 6.07 Å². The number of nitrogens with zero attached hydrogens (tertiary/aromatic N) is 2. The van der Waals surface area contributed by atoms with Gasteiger partial charge in [0.05, 0.1) is 6.54 Å². The fourth-order valence-electron chi connectivity index (χ4n) is 1.51. The van der Waals surface area contributed by atoms with Gasteiger partial charge >= 0.3 is 0 Å². The Labute approximate surface area is 99.3 Å². The number of rotatable bonds is 5. The van der Waals surface area contributed by atoms with Crippen molar-refractivity contribution in [3.8, 4) is 0 Å². The molecule has 1 amide bonds. The summed E-state index contributed by atoms with van der Waals surface area (Å²) < 4.78 is 0. The standard InChI is InChI=1S/C11H16N4O2/c1-6-4-9(13-5-8(16)10(12)17)15-11(14-6)7-2-3-7/h4,7-8,16H,2-3,5H2,1H3,(H2,12,17)(H,13,14,15)/t8-/m0/s1. The van der Waals surface area contributed by atoms with E-state index in [0.29, 0.717) is 11.7 Å². The van der Waals surface area contributed by atoms with E-state index < -0.39 is 12.0 Å². The van der Waals surface area contributed by atoms with Gasteiger partial charge in [0.2, 0.25) is 5.91 Å². The highest BCUT2D eigenvalue weighted by molar-refractivity contribution is 5.79. The second-order valence-electron chi connectivity index (χ2n) is 4.33. The molecule has 1 aliphatic rings. The lowest BCUT2D eigenvalue weighted by Gasteiger charge is -2.10. The van der Waals surface area contributed by atoms with E-state index in [2.05, 4.69) is 15.3 Å². The van der Waals surface area contributed by atoms with Crippen molar-refractivity contribution >= 4 is 11.7 Å². The molecule has 4 N–H and O–H groups in total. The van der Waals surface area contributed by atoms with Crippen LogP contribution in [0.3, 0.4) is 0 Å². The van der Waals surface area contributed by atoms with Gasteiger partial charge in [-0.25, -0.2) is 9.97 Å². The fourth-order valence-corrected chi connectivity index (χ4v) is 1.51. The van der Waals surface area contributed by atoms with Crippen LogP contribution in [0.1, 0.15) is 30.3 Å². The average molecular weight is 236 g/mol. The molecule has 1 heterocycles. The molecule has 2 rings (SSSR count). The Balaban J connectivity index is 2.02. The maximum absolute atomic E-state index is 10.7. The van der Waals surface area contributed by atoms with E-state index in [1.165, 1.54) is 0 Å². The van der Waals surface area contributed by atoms with Gasteiger partial charge in [-0.2, -0.15) is 0 Å². The molecule has 1 aliphatic carbocycles. The first-order chi connectivity index (χ1) is 8.06. The van der Waals surface area contributed by atoms with Crippen LogP contribution >= 0.6 is 0 Å². The lowest BCUT2D eigenvalue weighted by molar-refractivity contribution is -0.125. The Morgan fingerprint density at radius 2 is 2.35 bits per heavy atom. The van der Waals surface area contributed by atoms with Gasteiger partial charge in [-0.1, -0.05) is 0 Å². The quantitative estimate of drug-likeness (QED) is 0.663. The highest BCUT2D eigenvalue weighted by atomic mass is 16.3. The minimum atomic E-state index is -1.20. The number of anilines is 1. The van der Waals surface area contributed by atoms with Crippen LogP contribution in [0.4, 0.5) is 5.82 Å². The van der Waals surface area contributed by atoms with Crippen LogP contribution in [-0.4, -0.2) is 33.6 Å². The number of hydrogen-bond acceptors (Lipinski definition) is 5. The smallest absolute Gasteiger partial charge is 0.248 e. The normalized spacial score (nSPS) is 16.6. The number of aromatic nitrogens is 2. The molecule has 1 fully saturated rings. The maximum Gasteiger partial charge on any atom is 0.248 e. The lowest BCUT2D eigenvalue weighted by atomic mass is 10.3. The summed E-state index contributed by atoms with van der Waals surface area (Å²) in [6.45, 7) is 1.96. The second-order valence-corrected chi connectivity index (χ2v) is 4.33. The van der Waals surface area contributed by atoms with E-state index in [9.17, 15) is 9.90 Å². The van der Waals surface area contributed by atoms with E-state index in [4.69, 9.17) is 5.73 Å². The van der Waals surface area contributed by atoms with Gasteiger partial charge in [0.25, 0.3) is 0 Å². The maximum atomic E-state index is 10.7. The third kappa shape index (κ3) is 3.13. The summed E-state index contributed by atoms with van der Waals surface area (Å²) in [7, 11) is 0. The third-order valence-corrected chi connectivity index (χ3v) is 2.62. The van der Waals surface area contributed by atoms with Gasteiger partial charge in [0, 0.05) is 17.7 Å². The highest BCUT2D eigenvalue weighted by Crippen LogP contribution is 2.38. The molecule has 92 valence electrons. The Kier molecular flexibility index (Phi) is 3.23. The van der Waals surface area contributed by atoms with Crippen LogP contribution in [0.5, 0.6) is 0 Å². The van der Waals surface area contributed by atoms with E-state index in [-0.39, 0.29) is 6.54 Å². The molecule has 6 heteroatoms. The summed E-state index contributed by atoms with van der Waals surface area (Å²) in [6, 6.07) is 1.78. The first-order valence-corrected chi connectivity index (χ1v) is 5.63. The largest absolute Gasteiger partial charge is 0.381 e. The fraction of sp³-hybridized carbons (Fsp3) is 0.545. The Hall–Kier alpha value is -1.69. The van der Waals surface area contributed by atoms with E-state index in [1.807, 2.05) is 6.92 Å². The monoisotopic (exact) mass is 236 g/mol. The zero-order valence-corrected chi connectivity index (χ0v) is 9.68. The van der Waals surface area contributed by atoms with Crippen molar-refractivity contribution in [1.82, 2.24) is 9.97 Å². The molecule has 0 radical (unpaired) electrons. The minimum Gasteiger partial charge on any atom is -0.381 e. The SMILES string of the molecule is Cc1cc(NC[C@H](O)C(N)=O)nc(C2CC2)n1. The van der Waals surface area contributed by atoms with E-state index in [0.717, 1.165) is 24.4 Å². The Bertz CT molecular complexity index is 431. The van der Waals surface area contributed by atoms with Crippen molar-refractivity contribution in [1.29, 1.82) is 0 Å². The molecule has 0 unspecified atom stereocenters. The van der Waals surface area contributed by atoms with Gasteiger partial charge in [-0.15, -0.1) is 0 Å². The minimum absolute atomic E-state index is 0.0654. The molecule has 0 bridgehead atoms. The molecular weight excluding hydrogens is 220 g/mol. The molecule has 1 saturated carbocycles. The molecule has 0 aromatic carbocycles. The highest BCUT2D eigenvalue weighted by Gasteiger charge is 2.27. The van der Waals surface area contributed by atoms with Gasteiger partial charge < -0.3 is 16.2 Å². The number of aryl methyl sites for hydroxylation is 1. The molecule has 17 heavy (non-hydrogen) atoms. The van der Waals surface area contributed by atoms with Crippen LogP contribution < -0.4 is 11.1 Å². The number of aliphatic hydroxyl groups is 1. The third-order valence-electron chi connectivity index (χ3n) is 2.62. The predicted octanol–water partition coefficient (Wildman–Crippen LogP) is -0.0795. The summed E-state index contributed by atoms with van der Waals surface area (Å²) in [5, 5.41) is 12.2. The predicted molar refractivity (Wildman–Crippen MR) is 62.4 cm³/mol. The molecule has 1 aromatic heterocycles. The van der Waals surface area contributed by atoms with Crippen molar-refractivity contribution in [3.05, 3.63) is 17.6 Å². The van der Waals surface area contributed by atoms with Crippen LogP contribution in [0, 0.1) is 6.92 Å². The van der Waals surface area contributed by atoms with Gasteiger partial charge in [-0.05, 0) is 19.8 Å². The number of hydrogen-bond donors (Lipinski definition) is 3. The number of amides is 1. The average Bonchev–Trinajstić information content (AvgIpc) is 3.08. The first kappa shape index (κ1) is 11.8. The summed E-state index contributed by atoms with van der Waals surface area (Å²) in [5.74, 6) is 1.18. The second kappa shape index (κ2) is 4.67. The van der Waals surface area contributed by atoms with Gasteiger partial charge in [0.15, 0.2) is 0 Å². The van der Waals surface area contributed by atoms with Crippen LogP contribution in [-0.2, 0) is 4.79 Å². The van der Waals surface area contributed by atoms with Crippen molar-refractivity contribution < 1.29 is 9.90 Å². The van der Waals surface area contributed by atoms with Crippen LogP contribution in [0.25, 0.3) is 0 Å². The van der Waals surface area contributed by atoms with E-state index >= 15 is 0 Å². The van der Waals surface area contributed by atoms with Crippen molar-refractivity contribution in [2.45, 2.75) is 31.8 Å². The lowest BCUT2D eigenvalue weighted by Crippen LogP contribution is -2.34. The number of carbonyl (C=O) groups excluding carboxylic acids is 1. The summed E-state index contributed by atoms with van der Waals surface area (Å²) in [6.07, 6.45) is 1.06. The zero-order chi connectivity index (χ0) is 12.4. The number of nitrogens with two attached hydrogens (primary N) is 1. The zero-order valence-electron chi connectivity index (χ0n) is 9.68. The summed E-state index contributed by atoms with van der Waals surface area (Å²) >= 11 is 0. The molecule has 1 aromatic rings. The Morgan fingerprint density at radius 3 is 2.94 bits per heavy atom. The van der Waals surface area contributed by atoms with Crippen LogP contribution in [0.2, 0.25) is 0 Å². The Morgan fingerprint density at radius 1 is 1.65 bits per heavy atom. The van der Waals surface area contributed by atoms with Gasteiger partial charge in [-0.3, -0.25) is 4.79 Å². The van der Waals surface area contributed by atoms with Gasteiger partial charge in [0.1, 0.15) is 17.7 Å². The number of nitrogens with one attached hydrogen (secondary N) is 1. The van der Waals surface area contributed by atoms with Crippen molar-refractivity contribution in [2.24, 2.45) is 5.73 Å². The molecule has 1 atom stereocenters. The number of aliphatic hydroxyl groups excluding tert-OH is 1. The molecule has 0 spiro atoms. The molecule has 0 saturated heterocycles. The molecule has 0 aliphatic heterocycles. The number of primary amides is 1. The number of carbonyl (C=O) groups is 1. The molecule has 6 nitrogen and oxygen atoms in total. The van der Waals surface area contributed by atoms with Crippen molar-refractivity contribution in [2.75, 3.05) is 11.9 Å². The first-order valence-electron chi connectivity index (χ1n) is 5.63. The summed E-state index contributed by atoms with van der Waals surface area (Å²) in [5.41, 5.74) is 5.83. The summed E-state index contributed by atoms with van der Waals surface area (Å²) in [4.78, 5) is 19.4. The van der Waals surface area contributed by atoms with Crippen molar-refractivity contribution in [3.63, 3.8) is 0 Å².